The molecule has 1 unspecified atom stereocenters. The summed E-state index contributed by atoms with van der Waals surface area (Å²) in [5.41, 5.74) is 2.16. The van der Waals surface area contributed by atoms with Gasteiger partial charge in [0.05, 0.1) is 15.4 Å². The van der Waals surface area contributed by atoms with Crippen molar-refractivity contribution >= 4 is 11.7 Å². The number of carbonyl (C=O) groups is 1. The molecule has 4 rings (SSSR count). The molecule has 1 aliphatic heterocycles. The average Bonchev–Trinajstić information content (AvgIpc) is 3.38. The van der Waals surface area contributed by atoms with E-state index in [0.29, 0.717) is 24.4 Å². The molecule has 180 valence electrons. The molecular formula is C28H34N2O4. The van der Waals surface area contributed by atoms with Gasteiger partial charge in [0.15, 0.2) is 0 Å². The zero-order valence-electron chi connectivity index (χ0n) is 21.8. The van der Waals surface area contributed by atoms with Crippen LogP contribution < -0.4 is 9.64 Å². The summed E-state index contributed by atoms with van der Waals surface area (Å²) in [5.74, 6) is 0.484. The van der Waals surface area contributed by atoms with Gasteiger partial charge in [-0.2, -0.15) is 0 Å². The van der Waals surface area contributed by atoms with Crippen LogP contribution >= 0.6 is 0 Å². The van der Waals surface area contributed by atoms with Crippen molar-refractivity contribution in [1.29, 1.82) is 0 Å². The second-order valence-electron chi connectivity index (χ2n) is 8.92. The summed E-state index contributed by atoms with van der Waals surface area (Å²) in [5, 5.41) is 9.02. The van der Waals surface area contributed by atoms with E-state index in [0.717, 1.165) is 36.4 Å². The number of hydrogen-bond acceptors (Lipinski definition) is 5. The van der Waals surface area contributed by atoms with E-state index in [1.54, 1.807) is 17.2 Å². The highest BCUT2D eigenvalue weighted by atomic mass is 16.5. The number of ether oxygens (including phenoxy) is 1. The molecule has 0 spiro atoms. The topological polar surface area (TPSA) is 66.2 Å². The number of anilines is 1. The maximum Gasteiger partial charge on any atom is 0.304 e. The van der Waals surface area contributed by atoms with Gasteiger partial charge in [0.1, 0.15) is 17.6 Å². The molecule has 2 heterocycles. The Balaban J connectivity index is 1.56. The molecule has 0 saturated carbocycles. The fourth-order valence-electron chi connectivity index (χ4n) is 4.26. The third-order valence-electron chi connectivity index (χ3n) is 5.99. The van der Waals surface area contributed by atoms with Crippen molar-refractivity contribution in [3.05, 3.63) is 72.5 Å². The molecule has 6 nitrogen and oxygen atoms in total. The lowest BCUT2D eigenvalue weighted by atomic mass is 10.1. The molecule has 2 aromatic carbocycles. The summed E-state index contributed by atoms with van der Waals surface area (Å²) in [4.78, 5) is 14.9. The van der Waals surface area contributed by atoms with Gasteiger partial charge >= 0.3 is 5.97 Å². The Morgan fingerprint density at radius 1 is 1.21 bits per heavy atom. The SMILES string of the molecule is [2H]C([2H])(c1ccccc1OC1CCCN(CCC(=O)O)C1)N(c1ccc(-c2ccco2)cc1)C(C)C. The molecule has 34 heavy (non-hydrogen) atoms. The number of rotatable bonds is 10. The van der Waals surface area contributed by atoms with Crippen LogP contribution in [-0.4, -0.2) is 47.8 Å². The van der Waals surface area contributed by atoms with E-state index in [-0.39, 0.29) is 18.6 Å². The number of carboxylic acids is 1. The molecule has 3 aromatic rings. The number of furan rings is 1. The van der Waals surface area contributed by atoms with Crippen LogP contribution in [0.25, 0.3) is 11.3 Å². The smallest absolute Gasteiger partial charge is 0.304 e. The van der Waals surface area contributed by atoms with Crippen LogP contribution in [-0.2, 0) is 11.3 Å². The summed E-state index contributed by atoms with van der Waals surface area (Å²) in [6, 6.07) is 18.6. The molecular weight excluding hydrogens is 428 g/mol. The lowest BCUT2D eigenvalue weighted by Gasteiger charge is -2.34. The second kappa shape index (κ2) is 11.3. The number of para-hydroxylation sites is 1. The maximum absolute atomic E-state index is 11.0. The van der Waals surface area contributed by atoms with Gasteiger partial charge in [-0.3, -0.25) is 9.69 Å². The van der Waals surface area contributed by atoms with Gasteiger partial charge in [0.25, 0.3) is 0 Å². The van der Waals surface area contributed by atoms with E-state index >= 15 is 0 Å². The first-order valence-corrected chi connectivity index (χ1v) is 11.9. The zero-order chi connectivity index (χ0) is 25.7. The number of hydrogen-bond donors (Lipinski definition) is 1. The summed E-state index contributed by atoms with van der Waals surface area (Å²) >= 11 is 0. The molecule has 0 radical (unpaired) electrons. The van der Waals surface area contributed by atoms with Crippen LogP contribution in [0.4, 0.5) is 5.69 Å². The molecule has 1 N–H and O–H groups in total. The van der Waals surface area contributed by atoms with Gasteiger partial charge in [-0.25, -0.2) is 0 Å². The Labute approximate surface area is 204 Å². The Kier molecular flexibility index (Phi) is 7.05. The van der Waals surface area contributed by atoms with Crippen molar-refractivity contribution in [2.75, 3.05) is 24.5 Å². The molecule has 1 aromatic heterocycles. The van der Waals surface area contributed by atoms with Crippen molar-refractivity contribution in [1.82, 2.24) is 4.90 Å². The quantitative estimate of drug-likeness (QED) is 0.416. The highest BCUT2D eigenvalue weighted by Crippen LogP contribution is 2.29. The van der Waals surface area contributed by atoms with Gasteiger partial charge in [0.2, 0.25) is 0 Å². The van der Waals surface area contributed by atoms with E-state index in [1.165, 1.54) is 0 Å². The van der Waals surface area contributed by atoms with E-state index in [1.807, 2.05) is 68.4 Å². The number of benzene rings is 2. The zero-order valence-corrected chi connectivity index (χ0v) is 19.8. The Hall–Kier alpha value is -3.25. The summed E-state index contributed by atoms with van der Waals surface area (Å²) in [7, 11) is 0. The standard InChI is InChI=1S/C28H34N2O4/c1-21(2)30(24-13-11-22(12-14-24)26-10-6-18-33-26)19-23-7-3-4-9-27(23)34-25-8-5-16-29(20-25)17-15-28(31)32/h3-4,6-7,9-14,18,21,25H,5,8,15-17,19-20H2,1-2H3,(H,31,32)/i19D2. The van der Waals surface area contributed by atoms with Crippen molar-refractivity contribution in [3.63, 3.8) is 0 Å². The van der Waals surface area contributed by atoms with Crippen molar-refractivity contribution < 1.29 is 21.8 Å². The minimum Gasteiger partial charge on any atom is -0.489 e. The van der Waals surface area contributed by atoms with Crippen molar-refractivity contribution in [2.45, 2.75) is 51.8 Å². The minimum absolute atomic E-state index is 0.105. The minimum atomic E-state index is -1.84. The molecule has 1 saturated heterocycles. The van der Waals surface area contributed by atoms with Gasteiger partial charge in [-0.05, 0) is 75.7 Å². The third-order valence-corrected chi connectivity index (χ3v) is 5.99. The van der Waals surface area contributed by atoms with E-state index in [9.17, 15) is 7.54 Å². The van der Waals surface area contributed by atoms with Crippen molar-refractivity contribution in [2.24, 2.45) is 0 Å². The average molecular weight is 465 g/mol. The molecule has 0 bridgehead atoms. The third kappa shape index (κ3) is 6.20. The molecule has 6 heteroatoms. The lowest BCUT2D eigenvalue weighted by Crippen LogP contribution is -2.42. The monoisotopic (exact) mass is 464 g/mol. The van der Waals surface area contributed by atoms with E-state index in [4.69, 9.17) is 14.3 Å². The fraction of sp³-hybridized carbons (Fsp3) is 0.393. The summed E-state index contributed by atoms with van der Waals surface area (Å²) < 4.78 is 30.3. The Morgan fingerprint density at radius 2 is 2.00 bits per heavy atom. The Bertz CT molecular complexity index is 1130. The van der Waals surface area contributed by atoms with Gasteiger partial charge in [0, 0.05) is 42.4 Å². The summed E-state index contributed by atoms with van der Waals surface area (Å²) in [6.07, 6.45) is 3.39. The lowest BCUT2D eigenvalue weighted by molar-refractivity contribution is -0.137. The van der Waals surface area contributed by atoms with Gasteiger partial charge in [-0.15, -0.1) is 0 Å². The molecule has 0 aliphatic carbocycles. The molecule has 1 aliphatic rings. The largest absolute Gasteiger partial charge is 0.489 e. The summed E-state index contributed by atoms with van der Waals surface area (Å²) in [6.45, 7) is 4.09. The fourth-order valence-corrected chi connectivity index (χ4v) is 4.26. The number of likely N-dealkylation sites (tertiary alicyclic amines) is 1. The maximum atomic E-state index is 11.0. The van der Waals surface area contributed by atoms with Gasteiger partial charge < -0.3 is 19.2 Å². The highest BCUT2D eigenvalue weighted by Gasteiger charge is 2.23. The van der Waals surface area contributed by atoms with Crippen LogP contribution in [0.5, 0.6) is 5.75 Å². The molecule has 1 atom stereocenters. The second-order valence-corrected chi connectivity index (χ2v) is 8.92. The first-order valence-electron chi connectivity index (χ1n) is 12.9. The van der Waals surface area contributed by atoms with Crippen molar-refractivity contribution in [3.8, 4) is 17.1 Å². The predicted octanol–water partition coefficient (Wildman–Crippen LogP) is 5.68. The first kappa shape index (κ1) is 21.3. The number of carboxylic acid groups (broad SMARTS) is 1. The molecule has 1 fully saturated rings. The number of nitrogens with zero attached hydrogens (tertiary/aromatic N) is 2. The van der Waals surface area contributed by atoms with E-state index < -0.39 is 12.5 Å². The van der Waals surface area contributed by atoms with Crippen LogP contribution in [0, 0.1) is 0 Å². The normalized spacial score (nSPS) is 17.8. The van der Waals surface area contributed by atoms with Crippen LogP contribution in [0.15, 0.2) is 71.3 Å². The van der Waals surface area contributed by atoms with Gasteiger partial charge in [-0.1, -0.05) is 18.2 Å². The van der Waals surface area contributed by atoms with Crippen LogP contribution in [0.2, 0.25) is 0 Å². The number of piperidine rings is 1. The Morgan fingerprint density at radius 3 is 2.71 bits per heavy atom. The number of aliphatic carboxylic acids is 1. The predicted molar refractivity (Wildman–Crippen MR) is 134 cm³/mol. The van der Waals surface area contributed by atoms with E-state index in [2.05, 4.69) is 4.90 Å². The molecule has 0 amide bonds. The highest BCUT2D eigenvalue weighted by molar-refractivity contribution is 5.66. The first-order chi connectivity index (χ1) is 17.3. The van der Waals surface area contributed by atoms with Crippen LogP contribution in [0.1, 0.15) is 41.4 Å². The van der Waals surface area contributed by atoms with Crippen LogP contribution in [0.3, 0.4) is 0 Å².